The van der Waals surface area contributed by atoms with Crippen molar-refractivity contribution in [3.63, 3.8) is 0 Å². The van der Waals surface area contributed by atoms with Gasteiger partial charge in [0.25, 0.3) is 0 Å². The van der Waals surface area contributed by atoms with E-state index in [1.165, 1.54) is 25.7 Å². The van der Waals surface area contributed by atoms with Gasteiger partial charge in [-0.2, -0.15) is 4.98 Å². The van der Waals surface area contributed by atoms with E-state index in [0.717, 1.165) is 23.8 Å². The molecular weight excluding hydrogens is 286 g/mol. The van der Waals surface area contributed by atoms with Gasteiger partial charge in [0.2, 0.25) is 5.28 Å². The minimum absolute atomic E-state index is 0.265. The summed E-state index contributed by atoms with van der Waals surface area (Å²) in [6.07, 6.45) is 11.7. The van der Waals surface area contributed by atoms with Crippen LogP contribution in [0.5, 0.6) is 0 Å². The van der Waals surface area contributed by atoms with Crippen LogP contribution in [0.15, 0.2) is 18.6 Å². The summed E-state index contributed by atoms with van der Waals surface area (Å²) in [4.78, 5) is 15.7. The molecule has 21 heavy (non-hydrogen) atoms. The fourth-order valence-corrected chi connectivity index (χ4v) is 3.86. The molecule has 0 aromatic carbocycles. The lowest BCUT2D eigenvalue weighted by Crippen LogP contribution is -2.41. The van der Waals surface area contributed by atoms with E-state index in [0.29, 0.717) is 11.3 Å². The molecule has 4 rings (SSSR count). The Hall–Kier alpha value is -1.62. The number of aromatic nitrogens is 4. The third kappa shape index (κ3) is 1.94. The van der Waals surface area contributed by atoms with Crippen molar-refractivity contribution in [3.8, 4) is 5.69 Å². The van der Waals surface area contributed by atoms with Crippen LogP contribution in [-0.2, 0) is 0 Å². The molecule has 1 atom stereocenters. The van der Waals surface area contributed by atoms with Crippen molar-refractivity contribution in [2.75, 3.05) is 4.90 Å². The van der Waals surface area contributed by atoms with Crippen molar-refractivity contribution >= 4 is 17.4 Å². The SMILES string of the molecule is CCC1c2nccn2-c2cnc(Cl)nc2N1C1CCCC1. The van der Waals surface area contributed by atoms with E-state index in [2.05, 4.69) is 31.3 Å². The lowest BCUT2D eigenvalue weighted by atomic mass is 10.0. The van der Waals surface area contributed by atoms with E-state index in [4.69, 9.17) is 11.6 Å². The van der Waals surface area contributed by atoms with Gasteiger partial charge in [-0.25, -0.2) is 9.97 Å². The Kier molecular flexibility index (Phi) is 3.10. The van der Waals surface area contributed by atoms with Crippen LogP contribution in [0.3, 0.4) is 0 Å². The molecule has 1 fully saturated rings. The minimum Gasteiger partial charge on any atom is -0.342 e. The van der Waals surface area contributed by atoms with Gasteiger partial charge in [-0.1, -0.05) is 19.8 Å². The van der Waals surface area contributed by atoms with Gasteiger partial charge in [0.15, 0.2) is 5.82 Å². The molecule has 5 nitrogen and oxygen atoms in total. The second kappa shape index (κ2) is 4.98. The molecule has 3 heterocycles. The Bertz CT molecular complexity index is 662. The molecule has 1 aliphatic heterocycles. The van der Waals surface area contributed by atoms with Crippen LogP contribution in [0.25, 0.3) is 5.69 Å². The number of hydrogen-bond acceptors (Lipinski definition) is 4. The molecule has 1 unspecified atom stereocenters. The van der Waals surface area contributed by atoms with Crippen LogP contribution in [0, 0.1) is 0 Å². The average Bonchev–Trinajstić information content (AvgIpc) is 3.16. The number of fused-ring (bicyclic) bond motifs is 3. The second-order valence-electron chi connectivity index (χ2n) is 5.77. The van der Waals surface area contributed by atoms with Crippen LogP contribution in [0.1, 0.15) is 50.9 Å². The Morgan fingerprint density at radius 2 is 2.10 bits per heavy atom. The highest BCUT2D eigenvalue weighted by molar-refractivity contribution is 6.28. The molecule has 0 radical (unpaired) electrons. The van der Waals surface area contributed by atoms with Crippen molar-refractivity contribution in [1.82, 2.24) is 19.5 Å². The van der Waals surface area contributed by atoms with Crippen LogP contribution < -0.4 is 4.90 Å². The van der Waals surface area contributed by atoms with E-state index in [9.17, 15) is 0 Å². The molecule has 1 aliphatic carbocycles. The highest BCUT2D eigenvalue weighted by Gasteiger charge is 2.37. The van der Waals surface area contributed by atoms with E-state index in [-0.39, 0.29) is 6.04 Å². The standard InChI is InChI=1S/C15H18ClN5/c1-2-11-13-17-7-8-20(13)12-9-18-15(16)19-14(12)21(11)10-5-3-4-6-10/h7-11H,2-6H2,1H3. The van der Waals surface area contributed by atoms with Crippen molar-refractivity contribution in [1.29, 1.82) is 0 Å². The maximum Gasteiger partial charge on any atom is 0.224 e. The summed E-state index contributed by atoms with van der Waals surface area (Å²) < 4.78 is 2.10. The fourth-order valence-electron chi connectivity index (χ4n) is 3.73. The van der Waals surface area contributed by atoms with Crippen LogP contribution in [-0.4, -0.2) is 25.6 Å². The van der Waals surface area contributed by atoms with Crippen LogP contribution in [0.4, 0.5) is 5.82 Å². The Morgan fingerprint density at radius 1 is 1.29 bits per heavy atom. The molecule has 2 aromatic rings. The van der Waals surface area contributed by atoms with E-state index < -0.39 is 0 Å². The zero-order valence-corrected chi connectivity index (χ0v) is 12.8. The van der Waals surface area contributed by atoms with Crippen molar-refractivity contribution < 1.29 is 0 Å². The molecule has 0 N–H and O–H groups in total. The number of imidazole rings is 1. The van der Waals surface area contributed by atoms with E-state index >= 15 is 0 Å². The largest absolute Gasteiger partial charge is 0.342 e. The average molecular weight is 304 g/mol. The predicted molar refractivity (Wildman–Crippen MR) is 81.9 cm³/mol. The molecule has 110 valence electrons. The number of nitrogens with zero attached hydrogens (tertiary/aromatic N) is 5. The van der Waals surface area contributed by atoms with Crippen LogP contribution >= 0.6 is 11.6 Å². The first-order chi connectivity index (χ1) is 10.3. The normalized spacial score (nSPS) is 21.4. The molecule has 6 heteroatoms. The quantitative estimate of drug-likeness (QED) is 0.796. The van der Waals surface area contributed by atoms with Crippen LogP contribution in [0.2, 0.25) is 5.28 Å². The zero-order chi connectivity index (χ0) is 14.4. The zero-order valence-electron chi connectivity index (χ0n) is 12.0. The van der Waals surface area contributed by atoms with Crippen molar-refractivity contribution in [2.24, 2.45) is 0 Å². The summed E-state index contributed by atoms with van der Waals surface area (Å²) in [5, 5.41) is 0.315. The first-order valence-corrected chi connectivity index (χ1v) is 8.02. The summed E-state index contributed by atoms with van der Waals surface area (Å²) in [6.45, 7) is 2.21. The molecule has 0 bridgehead atoms. The van der Waals surface area contributed by atoms with Gasteiger partial charge in [0, 0.05) is 18.4 Å². The molecule has 0 spiro atoms. The first kappa shape index (κ1) is 13.1. The van der Waals surface area contributed by atoms with Gasteiger partial charge < -0.3 is 4.90 Å². The fraction of sp³-hybridized carbons (Fsp3) is 0.533. The Balaban J connectivity index is 1.91. The van der Waals surface area contributed by atoms with Gasteiger partial charge in [-0.3, -0.25) is 4.57 Å². The van der Waals surface area contributed by atoms with E-state index in [1.54, 1.807) is 0 Å². The predicted octanol–water partition coefficient (Wildman–Crippen LogP) is 3.53. The molecule has 0 saturated heterocycles. The number of hydrogen-bond donors (Lipinski definition) is 0. The maximum atomic E-state index is 6.07. The molecular formula is C15H18ClN5. The van der Waals surface area contributed by atoms with Gasteiger partial charge in [0.05, 0.1) is 12.2 Å². The lowest BCUT2D eigenvalue weighted by Gasteiger charge is -2.41. The summed E-state index contributed by atoms with van der Waals surface area (Å²) in [7, 11) is 0. The summed E-state index contributed by atoms with van der Waals surface area (Å²) in [5.41, 5.74) is 0.989. The Labute approximate surface area is 129 Å². The minimum atomic E-state index is 0.265. The van der Waals surface area contributed by atoms with E-state index in [1.807, 2.05) is 18.6 Å². The maximum absolute atomic E-state index is 6.07. The summed E-state index contributed by atoms with van der Waals surface area (Å²) >= 11 is 6.07. The molecule has 1 saturated carbocycles. The van der Waals surface area contributed by atoms with Gasteiger partial charge >= 0.3 is 0 Å². The lowest BCUT2D eigenvalue weighted by molar-refractivity contribution is 0.469. The topological polar surface area (TPSA) is 46.8 Å². The molecule has 0 amide bonds. The number of anilines is 1. The van der Waals surface area contributed by atoms with Crippen molar-refractivity contribution in [2.45, 2.75) is 51.1 Å². The smallest absolute Gasteiger partial charge is 0.224 e. The first-order valence-electron chi connectivity index (χ1n) is 7.64. The highest BCUT2D eigenvalue weighted by atomic mass is 35.5. The van der Waals surface area contributed by atoms with Crippen molar-refractivity contribution in [3.05, 3.63) is 29.7 Å². The third-order valence-corrected chi connectivity index (χ3v) is 4.81. The monoisotopic (exact) mass is 303 g/mol. The highest BCUT2D eigenvalue weighted by Crippen LogP contribution is 2.42. The Morgan fingerprint density at radius 3 is 2.86 bits per heavy atom. The molecule has 2 aliphatic rings. The summed E-state index contributed by atoms with van der Waals surface area (Å²) in [5.74, 6) is 2.04. The number of rotatable bonds is 2. The van der Waals surface area contributed by atoms with Gasteiger partial charge in [-0.05, 0) is 30.9 Å². The number of halogens is 1. The van der Waals surface area contributed by atoms with Gasteiger partial charge in [-0.15, -0.1) is 0 Å². The van der Waals surface area contributed by atoms with Gasteiger partial charge in [0.1, 0.15) is 11.5 Å². The third-order valence-electron chi connectivity index (χ3n) is 4.63. The summed E-state index contributed by atoms with van der Waals surface area (Å²) in [6, 6.07) is 0.798. The second-order valence-corrected chi connectivity index (χ2v) is 6.11. The molecule has 2 aromatic heterocycles.